The van der Waals surface area contributed by atoms with Crippen LogP contribution in [0.1, 0.15) is 13.3 Å². The molecule has 0 aromatic rings. The third-order valence-corrected chi connectivity index (χ3v) is 0.938. The Morgan fingerprint density at radius 1 is 1.89 bits per heavy atom. The Kier molecular flexibility index (Phi) is 3.22. The van der Waals surface area contributed by atoms with Crippen molar-refractivity contribution in [3.8, 4) is 6.07 Å². The van der Waals surface area contributed by atoms with Crippen molar-refractivity contribution >= 4 is 0 Å². The van der Waals surface area contributed by atoms with Crippen LogP contribution in [0, 0.1) is 11.3 Å². The number of nitrogens with zero attached hydrogens (tertiary/aromatic N) is 1. The molecule has 9 heavy (non-hydrogen) atoms. The van der Waals surface area contributed by atoms with Gasteiger partial charge in [-0.15, -0.1) is 6.58 Å². The normalized spacial score (nSPS) is 11.6. The second-order valence-corrected chi connectivity index (χ2v) is 1.68. The summed E-state index contributed by atoms with van der Waals surface area (Å²) in [6, 6.07) is 1.83. The number of hydrogen-bond donors (Lipinski definition) is 1. The summed E-state index contributed by atoms with van der Waals surface area (Å²) < 4.78 is 0. The minimum atomic E-state index is 0.104. The maximum absolute atomic E-state index is 8.90. The van der Waals surface area contributed by atoms with Crippen molar-refractivity contribution < 1.29 is 5.11 Å². The van der Waals surface area contributed by atoms with Crippen LogP contribution in [0.5, 0.6) is 0 Å². The van der Waals surface area contributed by atoms with Gasteiger partial charge in [0.2, 0.25) is 0 Å². The van der Waals surface area contributed by atoms with E-state index in [1.165, 1.54) is 0 Å². The summed E-state index contributed by atoms with van der Waals surface area (Å²) in [5.41, 5.74) is 0.356. The number of nitriles is 1. The Morgan fingerprint density at radius 2 is 2.44 bits per heavy atom. The van der Waals surface area contributed by atoms with Gasteiger partial charge in [0.25, 0.3) is 0 Å². The molecule has 0 unspecified atom stereocenters. The van der Waals surface area contributed by atoms with Gasteiger partial charge in [0.15, 0.2) is 0 Å². The van der Waals surface area contributed by atoms with Crippen LogP contribution in [0.25, 0.3) is 0 Å². The van der Waals surface area contributed by atoms with Crippen LogP contribution in [0.3, 0.4) is 0 Å². The topological polar surface area (TPSA) is 44.0 Å². The van der Waals surface area contributed by atoms with Crippen LogP contribution in [0.4, 0.5) is 0 Å². The molecule has 48 valence electrons. The first-order valence-corrected chi connectivity index (χ1v) is 2.62. The molecule has 0 aromatic heterocycles. The predicted molar refractivity (Wildman–Crippen MR) is 35.8 cm³/mol. The summed E-state index contributed by atoms with van der Waals surface area (Å²) in [6.07, 6.45) is 1.93. The summed E-state index contributed by atoms with van der Waals surface area (Å²) in [6.45, 7) is 4.98. The van der Waals surface area contributed by atoms with Gasteiger partial charge in [-0.3, -0.25) is 0 Å². The zero-order chi connectivity index (χ0) is 7.28. The molecule has 2 heteroatoms. The van der Waals surface area contributed by atoms with Gasteiger partial charge in [0.1, 0.15) is 5.76 Å². The molecule has 2 nitrogen and oxygen atoms in total. The number of allylic oxidation sites excluding steroid dienone is 2. The van der Waals surface area contributed by atoms with E-state index in [4.69, 9.17) is 10.4 Å². The molecule has 0 radical (unpaired) electrons. The van der Waals surface area contributed by atoms with Crippen LogP contribution in [-0.2, 0) is 0 Å². The molecular formula is C7H9NO. The van der Waals surface area contributed by atoms with E-state index >= 15 is 0 Å². The highest BCUT2D eigenvalue weighted by Crippen LogP contribution is 2.02. The SMILES string of the molecule is C=CCC(O)=C(C)C#N. The van der Waals surface area contributed by atoms with Crippen molar-refractivity contribution in [1.82, 2.24) is 0 Å². The van der Waals surface area contributed by atoms with E-state index in [-0.39, 0.29) is 5.76 Å². The molecule has 0 saturated carbocycles. The Hall–Kier alpha value is -1.23. The molecule has 0 aromatic carbocycles. The molecule has 0 aliphatic heterocycles. The lowest BCUT2D eigenvalue weighted by Gasteiger charge is -1.92. The first-order valence-electron chi connectivity index (χ1n) is 2.62. The zero-order valence-electron chi connectivity index (χ0n) is 5.39. The highest BCUT2D eigenvalue weighted by atomic mass is 16.3. The standard InChI is InChI=1S/C7H9NO/c1-3-4-7(9)6(2)5-8/h3,9H,1,4H2,2H3. The second kappa shape index (κ2) is 3.73. The lowest BCUT2D eigenvalue weighted by Crippen LogP contribution is -1.81. The Morgan fingerprint density at radius 3 is 2.78 bits per heavy atom. The summed E-state index contributed by atoms with van der Waals surface area (Å²) in [5, 5.41) is 17.1. The van der Waals surface area contributed by atoms with Crippen molar-refractivity contribution in [2.75, 3.05) is 0 Å². The van der Waals surface area contributed by atoms with Crippen molar-refractivity contribution in [3.63, 3.8) is 0 Å². The Bertz CT molecular complexity index is 174. The first kappa shape index (κ1) is 7.77. The smallest absolute Gasteiger partial charge is 0.109 e. The fraction of sp³-hybridized carbons (Fsp3) is 0.286. The van der Waals surface area contributed by atoms with Gasteiger partial charge in [-0.1, -0.05) is 6.08 Å². The molecule has 0 aliphatic rings. The van der Waals surface area contributed by atoms with E-state index in [9.17, 15) is 0 Å². The van der Waals surface area contributed by atoms with Crippen molar-refractivity contribution in [3.05, 3.63) is 24.0 Å². The summed E-state index contributed by atoms with van der Waals surface area (Å²) in [4.78, 5) is 0. The third kappa shape index (κ3) is 2.55. The lowest BCUT2D eigenvalue weighted by atomic mass is 10.2. The molecule has 0 atom stereocenters. The highest BCUT2D eigenvalue weighted by molar-refractivity contribution is 5.21. The van der Waals surface area contributed by atoms with Gasteiger partial charge in [0.05, 0.1) is 11.6 Å². The molecule has 0 rings (SSSR count). The number of hydrogen-bond acceptors (Lipinski definition) is 2. The highest BCUT2D eigenvalue weighted by Gasteiger charge is 1.93. The first-order chi connectivity index (χ1) is 4.22. The van der Waals surface area contributed by atoms with Crippen LogP contribution in [0.15, 0.2) is 24.0 Å². The van der Waals surface area contributed by atoms with Gasteiger partial charge in [-0.25, -0.2) is 0 Å². The average Bonchev–Trinajstić information content (AvgIpc) is 1.87. The predicted octanol–water partition coefficient (Wildman–Crippen LogP) is 1.92. The molecule has 0 heterocycles. The van der Waals surface area contributed by atoms with Gasteiger partial charge in [0, 0.05) is 6.42 Å². The molecule has 0 spiro atoms. The number of rotatable bonds is 2. The van der Waals surface area contributed by atoms with Gasteiger partial charge >= 0.3 is 0 Å². The molecule has 0 aliphatic carbocycles. The van der Waals surface area contributed by atoms with Gasteiger partial charge in [-0.05, 0) is 6.92 Å². The monoisotopic (exact) mass is 123 g/mol. The Balaban J connectivity index is 4.14. The Labute approximate surface area is 54.7 Å². The number of aliphatic hydroxyl groups is 1. The van der Waals surface area contributed by atoms with Crippen LogP contribution in [0.2, 0.25) is 0 Å². The van der Waals surface area contributed by atoms with Crippen molar-refractivity contribution in [2.45, 2.75) is 13.3 Å². The van der Waals surface area contributed by atoms with E-state index < -0.39 is 0 Å². The summed E-state index contributed by atoms with van der Waals surface area (Å²) in [5.74, 6) is 0.104. The third-order valence-electron chi connectivity index (χ3n) is 0.938. The van der Waals surface area contributed by atoms with E-state index in [0.29, 0.717) is 12.0 Å². The largest absolute Gasteiger partial charge is 0.511 e. The second-order valence-electron chi connectivity index (χ2n) is 1.68. The van der Waals surface area contributed by atoms with Crippen LogP contribution in [-0.4, -0.2) is 5.11 Å². The van der Waals surface area contributed by atoms with E-state index in [1.807, 2.05) is 6.07 Å². The maximum Gasteiger partial charge on any atom is 0.109 e. The molecule has 0 fully saturated rings. The van der Waals surface area contributed by atoms with Crippen LogP contribution < -0.4 is 0 Å². The summed E-state index contributed by atoms with van der Waals surface area (Å²) >= 11 is 0. The minimum Gasteiger partial charge on any atom is -0.511 e. The minimum absolute atomic E-state index is 0.104. The van der Waals surface area contributed by atoms with E-state index in [2.05, 4.69) is 6.58 Å². The van der Waals surface area contributed by atoms with Crippen molar-refractivity contribution in [1.29, 1.82) is 5.26 Å². The molecular weight excluding hydrogens is 114 g/mol. The van der Waals surface area contributed by atoms with Gasteiger partial charge in [-0.2, -0.15) is 5.26 Å². The molecule has 1 N–H and O–H groups in total. The van der Waals surface area contributed by atoms with E-state index in [0.717, 1.165) is 0 Å². The van der Waals surface area contributed by atoms with Crippen LogP contribution >= 0.6 is 0 Å². The van der Waals surface area contributed by atoms with E-state index in [1.54, 1.807) is 13.0 Å². The lowest BCUT2D eigenvalue weighted by molar-refractivity contribution is 0.396. The summed E-state index contributed by atoms with van der Waals surface area (Å²) in [7, 11) is 0. The van der Waals surface area contributed by atoms with Gasteiger partial charge < -0.3 is 5.11 Å². The number of aliphatic hydroxyl groups excluding tert-OH is 1. The molecule has 0 amide bonds. The quantitative estimate of drug-likeness (QED) is 0.346. The maximum atomic E-state index is 8.90. The fourth-order valence-corrected chi connectivity index (χ4v) is 0.354. The molecule has 0 bridgehead atoms. The average molecular weight is 123 g/mol. The fourth-order valence-electron chi connectivity index (χ4n) is 0.354. The van der Waals surface area contributed by atoms with Crippen molar-refractivity contribution in [2.24, 2.45) is 0 Å². The molecule has 0 saturated heterocycles. The zero-order valence-corrected chi connectivity index (χ0v) is 5.39.